The molecular weight excluding hydrogens is 195 g/mol. The molecule has 1 aromatic heterocycles. The number of rotatable bonds is 0. The maximum absolute atomic E-state index is 4.04. The molecule has 1 rings (SSSR count). The molecule has 0 aliphatic rings. The van der Waals surface area contributed by atoms with Gasteiger partial charge in [-0.2, -0.15) is 0 Å². The van der Waals surface area contributed by atoms with Crippen LogP contribution in [-0.2, 0) is 7.05 Å². The Morgan fingerprint density at radius 2 is 2.57 bits per heavy atom. The van der Waals surface area contributed by atoms with Gasteiger partial charge in [0.2, 0.25) is 0 Å². The number of hydrogen-bond acceptors (Lipinski definition) is 1. The molecule has 0 spiro atoms. The van der Waals surface area contributed by atoms with E-state index in [4.69, 9.17) is 0 Å². The fourth-order valence-electron chi connectivity index (χ4n) is 0.433. The van der Waals surface area contributed by atoms with Crippen LogP contribution >= 0.6 is 0 Å². The molecule has 1 aromatic rings. The van der Waals surface area contributed by atoms with Gasteiger partial charge in [0.15, 0.2) is 0 Å². The molecule has 3 heteroatoms. The normalized spacial score (nSPS) is 9.43. The zero-order chi connectivity index (χ0) is 5.28. The molecule has 0 amide bonds. The van der Waals surface area contributed by atoms with Gasteiger partial charge in [-0.25, -0.2) is 0 Å². The summed E-state index contributed by atoms with van der Waals surface area (Å²) in [6.07, 6.45) is 3.85. The molecule has 7 heavy (non-hydrogen) atoms. The zero-order valence-electron chi connectivity index (χ0n) is 4.13. The van der Waals surface area contributed by atoms with E-state index >= 15 is 0 Å². The first-order valence-electron chi connectivity index (χ1n) is 2.02. The van der Waals surface area contributed by atoms with Crippen LogP contribution in [0.3, 0.4) is 0 Å². The van der Waals surface area contributed by atoms with Gasteiger partial charge in [0.25, 0.3) is 0 Å². The van der Waals surface area contributed by atoms with Gasteiger partial charge in [0, 0.05) is 0 Å². The molecule has 0 saturated heterocycles. The predicted octanol–water partition coefficient (Wildman–Crippen LogP) is -1.05. The van der Waals surface area contributed by atoms with Crippen LogP contribution in [0.5, 0.6) is 0 Å². The Bertz CT molecular complexity index is 142. The van der Waals surface area contributed by atoms with E-state index in [0.717, 1.165) is 22.5 Å². The Kier molecular flexibility index (Phi) is 1.37. The van der Waals surface area contributed by atoms with Crippen LogP contribution in [0.1, 0.15) is 0 Å². The minimum atomic E-state index is 1.12. The van der Waals surface area contributed by atoms with Crippen molar-refractivity contribution in [2.24, 2.45) is 7.05 Å². The number of imidazole rings is 1. The van der Waals surface area contributed by atoms with Gasteiger partial charge in [0.05, 0.1) is 0 Å². The average Bonchev–Trinajstić information content (AvgIpc) is 1.87. The molecule has 0 saturated carbocycles. The summed E-state index contributed by atoms with van der Waals surface area (Å²) in [5.41, 5.74) is 0. The van der Waals surface area contributed by atoms with Crippen LogP contribution in [0.25, 0.3) is 0 Å². The molecule has 0 N–H and O–H groups in total. The molecule has 2 nitrogen and oxygen atoms in total. The molecule has 0 aromatic carbocycles. The Labute approximate surface area is 55.6 Å². The maximum atomic E-state index is 4.04. The van der Waals surface area contributed by atoms with Crippen LogP contribution in [-0.4, -0.2) is 32.1 Å². The van der Waals surface area contributed by atoms with E-state index in [1.165, 1.54) is 3.71 Å². The summed E-state index contributed by atoms with van der Waals surface area (Å²) in [6, 6.07) is 0. The van der Waals surface area contributed by atoms with E-state index < -0.39 is 0 Å². The number of aromatic nitrogens is 2. The quantitative estimate of drug-likeness (QED) is 0.489. The number of hydrogen-bond donors (Lipinski definition) is 0. The zero-order valence-corrected chi connectivity index (χ0v) is 7.42. The van der Waals surface area contributed by atoms with Crippen molar-refractivity contribution in [3.05, 3.63) is 12.5 Å². The second-order valence-electron chi connectivity index (χ2n) is 1.46. The van der Waals surface area contributed by atoms with Gasteiger partial charge in [-0.3, -0.25) is 0 Å². The van der Waals surface area contributed by atoms with Gasteiger partial charge in [-0.1, -0.05) is 0 Å². The van der Waals surface area contributed by atoms with Crippen molar-refractivity contribution < 1.29 is 0 Å². The van der Waals surface area contributed by atoms with Crippen molar-refractivity contribution in [1.82, 2.24) is 9.55 Å². The monoisotopic (exact) mass is 202 g/mol. The summed E-state index contributed by atoms with van der Waals surface area (Å²) in [5, 5.41) is 0. The van der Waals surface area contributed by atoms with E-state index in [1.807, 2.05) is 24.1 Å². The van der Waals surface area contributed by atoms with Crippen LogP contribution in [0.15, 0.2) is 12.5 Å². The summed E-state index contributed by atoms with van der Waals surface area (Å²) in [4.78, 5) is 4.04. The van der Waals surface area contributed by atoms with E-state index in [9.17, 15) is 0 Å². The van der Waals surface area contributed by atoms with Crippen LogP contribution < -0.4 is 3.71 Å². The van der Waals surface area contributed by atoms with Crippen molar-refractivity contribution in [2.45, 2.75) is 0 Å². The summed E-state index contributed by atoms with van der Waals surface area (Å²) in [6.45, 7) is 0. The molecule has 0 aliphatic heterocycles. The predicted molar refractivity (Wildman–Crippen MR) is 30.0 cm³/mol. The van der Waals surface area contributed by atoms with Gasteiger partial charge in [0.1, 0.15) is 0 Å². The number of aryl methyl sites for hydroxylation is 1. The Morgan fingerprint density at radius 1 is 1.86 bits per heavy atom. The molecule has 0 unspecified atom stereocenters. The third kappa shape index (κ3) is 1.19. The van der Waals surface area contributed by atoms with Gasteiger partial charge in [-0.15, -0.1) is 0 Å². The first-order chi connectivity index (χ1) is 3.29. The third-order valence-electron chi connectivity index (χ3n) is 0.725. The second-order valence-corrected chi connectivity index (χ2v) is 3.15. The fourth-order valence-corrected chi connectivity index (χ4v) is 1.29. The Hall–Kier alpha value is 0.00870. The summed E-state index contributed by atoms with van der Waals surface area (Å²) < 4.78 is 3.16. The van der Waals surface area contributed by atoms with E-state index in [0.29, 0.717) is 0 Å². The molecule has 0 aliphatic carbocycles. The molecule has 0 bridgehead atoms. The van der Waals surface area contributed by atoms with E-state index in [-0.39, 0.29) is 0 Å². The van der Waals surface area contributed by atoms with Crippen LogP contribution in [0.4, 0.5) is 0 Å². The van der Waals surface area contributed by atoms with Crippen molar-refractivity contribution in [3.8, 4) is 0 Å². The summed E-state index contributed by atoms with van der Waals surface area (Å²) in [7, 11) is 1.98. The standard InChI is InChI=1S/C4H5N2.Sn.H/c1-6-3-2-5-4-6;;/h3-4H,1H3;;. The Morgan fingerprint density at radius 3 is 2.71 bits per heavy atom. The van der Waals surface area contributed by atoms with Gasteiger partial charge in [-0.05, 0) is 0 Å². The van der Waals surface area contributed by atoms with Crippen molar-refractivity contribution in [2.75, 3.05) is 0 Å². The first kappa shape index (κ1) is 5.15. The van der Waals surface area contributed by atoms with Crippen molar-refractivity contribution in [1.29, 1.82) is 0 Å². The SMILES string of the molecule is Cn1cn[c]([SnH])c1. The first-order valence-corrected chi connectivity index (χ1v) is 3.67. The van der Waals surface area contributed by atoms with E-state index in [2.05, 4.69) is 4.98 Å². The van der Waals surface area contributed by atoms with Gasteiger partial charge >= 0.3 is 55.4 Å². The topological polar surface area (TPSA) is 17.8 Å². The third-order valence-corrected chi connectivity index (χ3v) is 1.58. The van der Waals surface area contributed by atoms with Crippen LogP contribution in [0.2, 0.25) is 0 Å². The summed E-state index contributed by atoms with van der Waals surface area (Å²) in [5.74, 6) is 0. The van der Waals surface area contributed by atoms with E-state index in [1.54, 1.807) is 0 Å². The van der Waals surface area contributed by atoms with Crippen molar-refractivity contribution in [3.63, 3.8) is 0 Å². The molecule has 36 valence electrons. The minimum absolute atomic E-state index is 1.12. The van der Waals surface area contributed by atoms with Crippen molar-refractivity contribution >= 4 is 26.2 Å². The number of nitrogens with zero attached hydrogens (tertiary/aromatic N) is 2. The fraction of sp³-hybridized carbons (Fsp3) is 0.250. The summed E-state index contributed by atoms with van der Waals surface area (Å²) >= 11 is 1.12. The van der Waals surface area contributed by atoms with Crippen LogP contribution in [0, 0.1) is 0 Å². The molecule has 1 heterocycles. The second kappa shape index (κ2) is 1.86. The molecule has 2 radical (unpaired) electrons. The Balaban J connectivity index is 3.04. The average molecular weight is 201 g/mol. The molecule has 0 fully saturated rings. The molecule has 0 atom stereocenters. The van der Waals surface area contributed by atoms with Gasteiger partial charge < -0.3 is 0 Å². The molecular formula is C4H6N2Sn.